The molecule has 146 valence electrons. The number of hydrogen-bond donors (Lipinski definition) is 1. The average molecular weight is 372 g/mol. The number of hydrogen-bond acceptors (Lipinski definition) is 5. The van der Waals surface area contributed by atoms with E-state index in [1.165, 1.54) is 16.4 Å². The Morgan fingerprint density at radius 1 is 1.22 bits per heavy atom. The Balaban J connectivity index is 2.06. The zero-order valence-electron chi connectivity index (χ0n) is 16.9. The number of aromatic nitrogens is 2. The second-order valence-corrected chi connectivity index (χ2v) is 7.45. The van der Waals surface area contributed by atoms with Gasteiger partial charge in [-0.1, -0.05) is 32.9 Å². The predicted octanol–water partition coefficient (Wildman–Crippen LogP) is 2.97. The second kappa shape index (κ2) is 8.24. The number of anilines is 2. The highest BCUT2D eigenvalue weighted by Crippen LogP contribution is 2.24. The number of esters is 1. The molecule has 1 aromatic heterocycles. The lowest BCUT2D eigenvalue weighted by atomic mass is 9.87. The summed E-state index contributed by atoms with van der Waals surface area (Å²) in [6, 6.07) is 8.15. The standard InChI is InChI=1S/C20H28N4O3/c1-7-27-19(26)16-12-21-24(6)18(16)22-17(25)13-23(5)15-10-8-14(9-11-15)20(2,3)4/h8-12H,7,13H2,1-6H3,(H,22,25). The monoisotopic (exact) mass is 372 g/mol. The highest BCUT2D eigenvalue weighted by Gasteiger charge is 2.20. The summed E-state index contributed by atoms with van der Waals surface area (Å²) in [6.07, 6.45) is 1.39. The summed E-state index contributed by atoms with van der Waals surface area (Å²) in [5, 5.41) is 6.78. The summed E-state index contributed by atoms with van der Waals surface area (Å²) < 4.78 is 6.45. The van der Waals surface area contributed by atoms with Crippen LogP contribution < -0.4 is 10.2 Å². The fraction of sp³-hybridized carbons (Fsp3) is 0.450. The SMILES string of the molecule is CCOC(=O)c1cnn(C)c1NC(=O)CN(C)c1ccc(C(C)(C)C)cc1. The summed E-state index contributed by atoms with van der Waals surface area (Å²) in [5.74, 6) is -0.423. The zero-order valence-corrected chi connectivity index (χ0v) is 16.9. The Labute approximate surface area is 160 Å². The summed E-state index contributed by atoms with van der Waals surface area (Å²) in [5.41, 5.74) is 2.49. The first-order valence-electron chi connectivity index (χ1n) is 8.94. The van der Waals surface area contributed by atoms with E-state index in [1.807, 2.05) is 24.1 Å². The van der Waals surface area contributed by atoms with Crippen molar-refractivity contribution in [2.24, 2.45) is 7.05 Å². The van der Waals surface area contributed by atoms with E-state index in [-0.39, 0.29) is 30.0 Å². The first-order valence-corrected chi connectivity index (χ1v) is 8.94. The number of nitrogens with zero attached hydrogens (tertiary/aromatic N) is 3. The molecule has 0 saturated heterocycles. The molecule has 0 unspecified atom stereocenters. The molecule has 0 fully saturated rings. The van der Waals surface area contributed by atoms with Crippen molar-refractivity contribution < 1.29 is 14.3 Å². The van der Waals surface area contributed by atoms with Crippen molar-refractivity contribution in [1.29, 1.82) is 0 Å². The minimum Gasteiger partial charge on any atom is -0.462 e. The van der Waals surface area contributed by atoms with Crippen LogP contribution >= 0.6 is 0 Å². The lowest BCUT2D eigenvalue weighted by molar-refractivity contribution is -0.115. The topological polar surface area (TPSA) is 76.5 Å². The summed E-state index contributed by atoms with van der Waals surface area (Å²) >= 11 is 0. The van der Waals surface area contributed by atoms with E-state index in [9.17, 15) is 9.59 Å². The molecule has 0 aliphatic carbocycles. The molecule has 0 aliphatic rings. The highest BCUT2D eigenvalue weighted by molar-refractivity contribution is 6.01. The molecule has 1 N–H and O–H groups in total. The predicted molar refractivity (Wildman–Crippen MR) is 106 cm³/mol. The van der Waals surface area contributed by atoms with Crippen molar-refractivity contribution in [1.82, 2.24) is 9.78 Å². The van der Waals surface area contributed by atoms with Gasteiger partial charge in [0.1, 0.15) is 11.4 Å². The molecule has 1 amide bonds. The minimum atomic E-state index is -0.507. The van der Waals surface area contributed by atoms with Gasteiger partial charge >= 0.3 is 5.97 Å². The van der Waals surface area contributed by atoms with Gasteiger partial charge in [-0.3, -0.25) is 9.48 Å². The van der Waals surface area contributed by atoms with Gasteiger partial charge in [0.2, 0.25) is 5.91 Å². The summed E-state index contributed by atoms with van der Waals surface area (Å²) in [7, 11) is 3.51. The molecule has 1 aromatic carbocycles. The van der Waals surface area contributed by atoms with Crippen LogP contribution in [0, 0.1) is 0 Å². The Kier molecular flexibility index (Phi) is 6.25. The van der Waals surface area contributed by atoms with Gasteiger partial charge in [-0.2, -0.15) is 5.10 Å². The van der Waals surface area contributed by atoms with Crippen LogP contribution in [0.5, 0.6) is 0 Å². The van der Waals surface area contributed by atoms with Gasteiger partial charge in [-0.15, -0.1) is 0 Å². The second-order valence-electron chi connectivity index (χ2n) is 7.45. The van der Waals surface area contributed by atoms with Crippen LogP contribution in [0.15, 0.2) is 30.5 Å². The van der Waals surface area contributed by atoms with Gasteiger partial charge in [-0.05, 0) is 30.0 Å². The molecule has 0 saturated carbocycles. The van der Waals surface area contributed by atoms with E-state index in [2.05, 4.69) is 43.3 Å². The van der Waals surface area contributed by atoms with Crippen molar-refractivity contribution in [2.45, 2.75) is 33.1 Å². The van der Waals surface area contributed by atoms with Crippen molar-refractivity contribution in [3.05, 3.63) is 41.6 Å². The molecule has 7 nitrogen and oxygen atoms in total. The van der Waals surface area contributed by atoms with Crippen LogP contribution in [0.3, 0.4) is 0 Å². The van der Waals surface area contributed by atoms with Crippen molar-refractivity contribution >= 4 is 23.4 Å². The van der Waals surface area contributed by atoms with E-state index < -0.39 is 5.97 Å². The smallest absolute Gasteiger partial charge is 0.343 e. The molecule has 0 spiro atoms. The quantitative estimate of drug-likeness (QED) is 0.789. The molecule has 0 atom stereocenters. The van der Waals surface area contributed by atoms with Crippen LogP contribution in [0.25, 0.3) is 0 Å². The lowest BCUT2D eigenvalue weighted by Crippen LogP contribution is -2.31. The maximum atomic E-state index is 12.5. The Hall–Kier alpha value is -2.83. The third kappa shape index (κ3) is 5.09. The number of amides is 1. The number of ether oxygens (including phenoxy) is 1. The maximum Gasteiger partial charge on any atom is 0.343 e. The lowest BCUT2D eigenvalue weighted by Gasteiger charge is -2.22. The highest BCUT2D eigenvalue weighted by atomic mass is 16.5. The van der Waals surface area contributed by atoms with Gasteiger partial charge < -0.3 is 15.0 Å². The Bertz CT molecular complexity index is 804. The number of carbonyl (C=O) groups excluding carboxylic acids is 2. The van der Waals surface area contributed by atoms with Crippen LogP contribution in [-0.4, -0.2) is 41.9 Å². The number of carbonyl (C=O) groups is 2. The van der Waals surface area contributed by atoms with Crippen molar-refractivity contribution in [3.63, 3.8) is 0 Å². The summed E-state index contributed by atoms with van der Waals surface area (Å²) in [6.45, 7) is 8.61. The van der Waals surface area contributed by atoms with E-state index in [4.69, 9.17) is 4.74 Å². The molecule has 1 heterocycles. The number of nitrogens with one attached hydrogen (secondary N) is 1. The Morgan fingerprint density at radius 3 is 2.41 bits per heavy atom. The molecule has 0 aliphatic heterocycles. The van der Waals surface area contributed by atoms with Gasteiger partial charge in [0, 0.05) is 19.8 Å². The van der Waals surface area contributed by atoms with Crippen LogP contribution in [-0.2, 0) is 22.0 Å². The van der Waals surface area contributed by atoms with E-state index in [0.29, 0.717) is 5.82 Å². The zero-order chi connectivity index (χ0) is 20.2. The van der Waals surface area contributed by atoms with E-state index in [0.717, 1.165) is 5.69 Å². The van der Waals surface area contributed by atoms with E-state index in [1.54, 1.807) is 14.0 Å². The van der Waals surface area contributed by atoms with Gasteiger partial charge in [0.25, 0.3) is 0 Å². The van der Waals surface area contributed by atoms with Crippen LogP contribution in [0.2, 0.25) is 0 Å². The molecule has 0 bridgehead atoms. The number of rotatable bonds is 6. The first-order chi connectivity index (χ1) is 12.6. The van der Waals surface area contributed by atoms with Crippen LogP contribution in [0.4, 0.5) is 11.5 Å². The molecule has 2 aromatic rings. The number of benzene rings is 1. The fourth-order valence-electron chi connectivity index (χ4n) is 2.64. The van der Waals surface area contributed by atoms with Crippen molar-refractivity contribution in [2.75, 3.05) is 30.4 Å². The Morgan fingerprint density at radius 2 is 1.85 bits per heavy atom. The molecule has 2 rings (SSSR count). The number of aryl methyl sites for hydroxylation is 1. The largest absolute Gasteiger partial charge is 0.462 e. The molecular weight excluding hydrogens is 344 g/mol. The third-order valence-corrected chi connectivity index (χ3v) is 4.25. The van der Waals surface area contributed by atoms with E-state index >= 15 is 0 Å². The molecule has 27 heavy (non-hydrogen) atoms. The van der Waals surface area contributed by atoms with Gasteiger partial charge in [-0.25, -0.2) is 4.79 Å². The normalized spacial score (nSPS) is 11.2. The average Bonchev–Trinajstić information content (AvgIpc) is 2.95. The third-order valence-electron chi connectivity index (χ3n) is 4.25. The molecule has 7 heteroatoms. The van der Waals surface area contributed by atoms with Crippen LogP contribution in [0.1, 0.15) is 43.6 Å². The first kappa shape index (κ1) is 20.5. The van der Waals surface area contributed by atoms with Gasteiger partial charge in [0.05, 0.1) is 19.3 Å². The number of likely N-dealkylation sites (N-methyl/N-ethyl adjacent to an activating group) is 1. The molecule has 0 radical (unpaired) electrons. The van der Waals surface area contributed by atoms with Crippen molar-refractivity contribution in [3.8, 4) is 0 Å². The fourth-order valence-corrected chi connectivity index (χ4v) is 2.64. The van der Waals surface area contributed by atoms with Gasteiger partial charge in [0.15, 0.2) is 0 Å². The summed E-state index contributed by atoms with van der Waals surface area (Å²) in [4.78, 5) is 26.3. The maximum absolute atomic E-state index is 12.5. The minimum absolute atomic E-state index is 0.0809. The molecular formula is C20H28N4O3.